The van der Waals surface area contributed by atoms with Crippen molar-refractivity contribution in [1.82, 2.24) is 15.0 Å². The van der Waals surface area contributed by atoms with Crippen LogP contribution in [0.25, 0.3) is 21.8 Å². The third kappa shape index (κ3) is 5.93. The van der Waals surface area contributed by atoms with Crippen molar-refractivity contribution in [3.63, 3.8) is 0 Å². The third-order valence-corrected chi connectivity index (χ3v) is 6.52. The molecule has 12 heteroatoms. The van der Waals surface area contributed by atoms with Gasteiger partial charge in [-0.2, -0.15) is 5.10 Å². The summed E-state index contributed by atoms with van der Waals surface area (Å²) in [5, 5.41) is 10.3. The van der Waals surface area contributed by atoms with Crippen molar-refractivity contribution in [2.45, 2.75) is 18.8 Å². The van der Waals surface area contributed by atoms with Gasteiger partial charge in [-0.05, 0) is 72.1 Å². The number of allylic oxidation sites excluding steroid dienone is 3. The molecule has 0 saturated heterocycles. The van der Waals surface area contributed by atoms with Gasteiger partial charge in [0.1, 0.15) is 5.76 Å². The van der Waals surface area contributed by atoms with E-state index in [9.17, 15) is 13.2 Å². The van der Waals surface area contributed by atoms with Crippen LogP contribution in [0.5, 0.6) is 0 Å². The van der Waals surface area contributed by atoms with Crippen LogP contribution in [0, 0.1) is 0 Å². The van der Waals surface area contributed by atoms with Crippen LogP contribution in [0.4, 0.5) is 18.9 Å². The molecular weight excluding hydrogens is 558 g/mol. The first-order valence-electron chi connectivity index (χ1n) is 11.2. The Balaban J connectivity index is 1.28. The lowest BCUT2D eigenvalue weighted by Gasteiger charge is -2.19. The van der Waals surface area contributed by atoms with Gasteiger partial charge in [-0.3, -0.25) is 5.43 Å². The molecule has 1 unspecified atom stereocenters. The molecule has 1 aromatic heterocycles. The predicted molar refractivity (Wildman–Crippen MR) is 149 cm³/mol. The Labute approximate surface area is 230 Å². The largest absolute Gasteiger partial charge is 0.573 e. The molecule has 0 saturated carbocycles. The van der Waals surface area contributed by atoms with Crippen LogP contribution < -0.4 is 10.7 Å². The Morgan fingerprint density at radius 3 is 2.74 bits per heavy atom. The minimum absolute atomic E-state index is 0.171. The average Bonchev–Trinajstić information content (AvgIpc) is 3.30. The van der Waals surface area contributed by atoms with Crippen LogP contribution in [0.2, 0.25) is 10.0 Å². The number of alkyl halides is 3. The SMILES string of the molecule is FC(F)(F)OC1=CCC(n2cnc3c4ccc(/C=N/NC(=S)Nc5ccc(Cl)cc5Cl)cc4ccc32)C=C1. The first-order chi connectivity index (χ1) is 18.2. The number of imidazole rings is 1. The zero-order valence-electron chi connectivity index (χ0n) is 19.3. The summed E-state index contributed by atoms with van der Waals surface area (Å²) in [5.74, 6) is -0.211. The molecule has 6 nitrogen and oxygen atoms in total. The van der Waals surface area contributed by atoms with Crippen molar-refractivity contribution in [2.24, 2.45) is 5.10 Å². The minimum Gasteiger partial charge on any atom is -0.406 e. The topological polar surface area (TPSA) is 63.5 Å². The standard InChI is InChI=1S/C26H18Cl2F3N5OS/c27-17-3-9-22(21(28)12-17)34-25(38)35-33-13-15-1-8-20-16(11-15)2-10-23-24(20)32-14-36(23)18-4-6-19(7-5-18)37-26(29,30)31/h1-4,6-14,18H,5H2,(H2,34,35,38)/b33-13+. The molecule has 0 radical (unpaired) electrons. The van der Waals surface area contributed by atoms with Crippen LogP contribution in [0.3, 0.4) is 0 Å². The van der Waals surface area contributed by atoms with Gasteiger partial charge in [0.25, 0.3) is 0 Å². The van der Waals surface area contributed by atoms with Gasteiger partial charge in [-0.1, -0.05) is 47.5 Å². The van der Waals surface area contributed by atoms with E-state index in [4.69, 9.17) is 35.4 Å². The summed E-state index contributed by atoms with van der Waals surface area (Å²) in [6, 6.07) is 14.6. The number of halogens is 5. The lowest BCUT2D eigenvalue weighted by molar-refractivity contribution is -0.303. The number of benzene rings is 3. The second-order valence-electron chi connectivity index (χ2n) is 8.33. The number of fused-ring (bicyclic) bond motifs is 3. The molecular formula is C26H18Cl2F3N5OS. The molecule has 2 N–H and O–H groups in total. The van der Waals surface area contributed by atoms with E-state index in [0.29, 0.717) is 22.2 Å². The van der Waals surface area contributed by atoms with Crippen LogP contribution in [-0.2, 0) is 4.74 Å². The Morgan fingerprint density at radius 1 is 1.16 bits per heavy atom. The molecule has 3 aromatic carbocycles. The summed E-state index contributed by atoms with van der Waals surface area (Å²) in [7, 11) is 0. The van der Waals surface area contributed by atoms with Crippen molar-refractivity contribution >= 4 is 74.2 Å². The number of hydrazone groups is 1. The van der Waals surface area contributed by atoms with Crippen LogP contribution in [-0.4, -0.2) is 27.2 Å². The van der Waals surface area contributed by atoms with Gasteiger partial charge >= 0.3 is 6.36 Å². The van der Waals surface area contributed by atoms with Gasteiger partial charge in [0, 0.05) is 10.4 Å². The van der Waals surface area contributed by atoms with E-state index in [0.717, 1.165) is 27.4 Å². The zero-order valence-corrected chi connectivity index (χ0v) is 21.7. The molecule has 1 aliphatic rings. The second kappa shape index (κ2) is 10.6. The highest BCUT2D eigenvalue weighted by Crippen LogP contribution is 2.32. The summed E-state index contributed by atoms with van der Waals surface area (Å²) in [5.41, 5.74) is 5.87. The third-order valence-electron chi connectivity index (χ3n) is 5.78. The molecule has 0 aliphatic heterocycles. The van der Waals surface area contributed by atoms with E-state index in [2.05, 4.69) is 25.6 Å². The fraction of sp³-hybridized carbons (Fsp3) is 0.115. The van der Waals surface area contributed by atoms with Gasteiger partial charge in [-0.25, -0.2) is 4.98 Å². The van der Waals surface area contributed by atoms with Gasteiger partial charge in [-0.15, -0.1) is 13.2 Å². The molecule has 0 amide bonds. The van der Waals surface area contributed by atoms with E-state index in [-0.39, 0.29) is 16.9 Å². The fourth-order valence-electron chi connectivity index (χ4n) is 4.10. The molecule has 1 heterocycles. The number of rotatable bonds is 5. The van der Waals surface area contributed by atoms with Crippen molar-refractivity contribution in [3.05, 3.63) is 94.5 Å². The van der Waals surface area contributed by atoms with Crippen LogP contribution in [0.1, 0.15) is 18.0 Å². The highest BCUT2D eigenvalue weighted by molar-refractivity contribution is 7.80. The molecule has 5 rings (SSSR count). The van der Waals surface area contributed by atoms with E-state index in [1.165, 1.54) is 12.2 Å². The molecule has 1 aliphatic carbocycles. The second-order valence-corrected chi connectivity index (χ2v) is 9.58. The number of ether oxygens (including phenoxy) is 1. The fourth-order valence-corrected chi connectivity index (χ4v) is 4.72. The molecule has 0 bridgehead atoms. The quantitative estimate of drug-likeness (QED) is 0.145. The maximum Gasteiger partial charge on any atom is 0.573 e. The molecule has 38 heavy (non-hydrogen) atoms. The first-order valence-corrected chi connectivity index (χ1v) is 12.4. The van der Waals surface area contributed by atoms with Gasteiger partial charge in [0.05, 0.1) is 40.3 Å². The maximum absolute atomic E-state index is 12.5. The first kappa shape index (κ1) is 26.0. The minimum atomic E-state index is -4.71. The number of nitrogens with zero attached hydrogens (tertiary/aromatic N) is 3. The Hall–Kier alpha value is -3.60. The zero-order chi connectivity index (χ0) is 26.9. The molecule has 194 valence electrons. The number of thiocarbonyl (C=S) groups is 1. The van der Waals surface area contributed by atoms with E-state index in [1.54, 1.807) is 36.8 Å². The summed E-state index contributed by atoms with van der Waals surface area (Å²) < 4.78 is 43.3. The highest BCUT2D eigenvalue weighted by atomic mass is 35.5. The van der Waals surface area contributed by atoms with Crippen molar-refractivity contribution in [3.8, 4) is 0 Å². The summed E-state index contributed by atoms with van der Waals surface area (Å²) >= 11 is 17.3. The Bertz CT molecular complexity index is 1630. The summed E-state index contributed by atoms with van der Waals surface area (Å²) in [6.45, 7) is 0. The van der Waals surface area contributed by atoms with Gasteiger partial charge < -0.3 is 14.6 Å². The summed E-state index contributed by atoms with van der Waals surface area (Å²) in [6.07, 6.45) is 3.42. The summed E-state index contributed by atoms with van der Waals surface area (Å²) in [4.78, 5) is 4.57. The van der Waals surface area contributed by atoms with Crippen LogP contribution >= 0.6 is 35.4 Å². The smallest absolute Gasteiger partial charge is 0.406 e. The van der Waals surface area contributed by atoms with Gasteiger partial charge in [0.15, 0.2) is 5.11 Å². The number of anilines is 1. The average molecular weight is 576 g/mol. The highest BCUT2D eigenvalue weighted by Gasteiger charge is 2.32. The maximum atomic E-state index is 12.5. The molecule has 0 fully saturated rings. The van der Waals surface area contributed by atoms with E-state index >= 15 is 0 Å². The Morgan fingerprint density at radius 2 is 2.00 bits per heavy atom. The molecule has 0 spiro atoms. The lowest BCUT2D eigenvalue weighted by Crippen LogP contribution is -2.24. The van der Waals surface area contributed by atoms with Gasteiger partial charge in [0.2, 0.25) is 0 Å². The van der Waals surface area contributed by atoms with E-state index < -0.39 is 6.36 Å². The molecule has 4 aromatic rings. The normalized spacial score (nSPS) is 15.7. The molecule has 1 atom stereocenters. The number of hydrogen-bond donors (Lipinski definition) is 2. The number of nitrogens with one attached hydrogen (secondary N) is 2. The van der Waals surface area contributed by atoms with Crippen LogP contribution in [0.15, 0.2) is 83.9 Å². The number of hydrogen-bond acceptors (Lipinski definition) is 4. The van der Waals surface area contributed by atoms with Crippen molar-refractivity contribution in [1.29, 1.82) is 0 Å². The lowest BCUT2D eigenvalue weighted by atomic mass is 10.0. The van der Waals surface area contributed by atoms with E-state index in [1.807, 2.05) is 34.9 Å². The monoisotopic (exact) mass is 575 g/mol. The Kier molecular flexibility index (Phi) is 7.29. The number of aromatic nitrogens is 2. The predicted octanol–water partition coefficient (Wildman–Crippen LogP) is 7.74. The van der Waals surface area contributed by atoms with Crippen molar-refractivity contribution in [2.75, 3.05) is 5.32 Å². The van der Waals surface area contributed by atoms with Crippen molar-refractivity contribution < 1.29 is 17.9 Å².